The first-order valence-electron chi connectivity index (χ1n) is 13.7. The van der Waals surface area contributed by atoms with E-state index in [0.29, 0.717) is 43.2 Å². The summed E-state index contributed by atoms with van der Waals surface area (Å²) in [5.74, 6) is 0.302. The maximum absolute atomic E-state index is 14.1. The van der Waals surface area contributed by atoms with Crippen molar-refractivity contribution in [3.8, 4) is 11.5 Å². The minimum Gasteiger partial charge on any atom is -0.491 e. The Morgan fingerprint density at radius 2 is 1.74 bits per heavy atom. The van der Waals surface area contributed by atoms with Gasteiger partial charge < -0.3 is 14.2 Å². The average Bonchev–Trinajstić information content (AvgIpc) is 3.26. The number of rotatable bonds is 9. The van der Waals surface area contributed by atoms with Gasteiger partial charge in [-0.1, -0.05) is 59.9 Å². The molecule has 1 aromatic heterocycles. The third-order valence-corrected chi connectivity index (χ3v) is 7.59. The summed E-state index contributed by atoms with van der Waals surface area (Å²) >= 11 is 1.23. The van der Waals surface area contributed by atoms with Crippen LogP contribution in [0.2, 0.25) is 0 Å². The molecule has 42 heavy (non-hydrogen) atoms. The second kappa shape index (κ2) is 12.6. The second-order valence-corrected chi connectivity index (χ2v) is 11.0. The molecule has 0 saturated carbocycles. The molecule has 1 aliphatic heterocycles. The molecule has 0 saturated heterocycles. The Morgan fingerprint density at radius 3 is 2.45 bits per heavy atom. The number of nitrogens with zero attached hydrogens (tertiary/aromatic N) is 2. The number of carbonyl (C=O) groups is 1. The highest BCUT2D eigenvalue weighted by Crippen LogP contribution is 2.36. The van der Waals surface area contributed by atoms with E-state index in [-0.39, 0.29) is 30.7 Å². The number of allylic oxidation sites excluding steroid dienone is 1. The van der Waals surface area contributed by atoms with Gasteiger partial charge in [-0.05, 0) is 63.6 Å². The first kappa shape index (κ1) is 29.0. The van der Waals surface area contributed by atoms with Crippen LogP contribution < -0.4 is 24.4 Å². The standard InChI is InChI=1S/C33H31FN2O5S/c1-5-39-32(38)29-21(4)35-33-36(30(29)25-11-7-9-13-27(25)41-20(2)3)31(37)28(42-33)18-23-10-6-8-12-26(23)40-19-22-14-16-24(34)17-15-22/h6-18,20,30H,5,19H2,1-4H3. The van der Waals surface area contributed by atoms with Crippen LogP contribution in [0.1, 0.15) is 50.4 Å². The number of carbonyl (C=O) groups excluding carboxylic acids is 1. The smallest absolute Gasteiger partial charge is 0.338 e. The van der Waals surface area contributed by atoms with Gasteiger partial charge >= 0.3 is 5.97 Å². The number of ether oxygens (including phenoxy) is 3. The van der Waals surface area contributed by atoms with Crippen molar-refractivity contribution in [2.75, 3.05) is 6.61 Å². The van der Waals surface area contributed by atoms with Gasteiger partial charge in [0.15, 0.2) is 4.80 Å². The molecule has 9 heteroatoms. The normalized spacial score (nSPS) is 14.9. The predicted octanol–water partition coefficient (Wildman–Crippen LogP) is 5.30. The lowest BCUT2D eigenvalue weighted by Gasteiger charge is -2.26. The maximum atomic E-state index is 14.1. The van der Waals surface area contributed by atoms with Crippen LogP contribution in [0.25, 0.3) is 6.08 Å². The molecule has 0 amide bonds. The van der Waals surface area contributed by atoms with Gasteiger partial charge in [0, 0.05) is 11.1 Å². The molecule has 0 spiro atoms. The lowest BCUT2D eigenvalue weighted by molar-refractivity contribution is -0.139. The van der Waals surface area contributed by atoms with Gasteiger partial charge in [-0.25, -0.2) is 14.2 Å². The molecule has 1 aliphatic rings. The predicted molar refractivity (Wildman–Crippen MR) is 160 cm³/mol. The lowest BCUT2D eigenvalue weighted by Crippen LogP contribution is -2.40. The van der Waals surface area contributed by atoms with E-state index in [1.807, 2.05) is 62.4 Å². The third kappa shape index (κ3) is 6.06. The number of fused-ring (bicyclic) bond motifs is 1. The molecule has 4 aromatic rings. The van der Waals surface area contributed by atoms with Crippen LogP contribution >= 0.6 is 11.3 Å². The Balaban J connectivity index is 1.62. The van der Waals surface area contributed by atoms with Crippen molar-refractivity contribution in [3.05, 3.63) is 126 Å². The molecule has 0 bridgehead atoms. The van der Waals surface area contributed by atoms with Crippen molar-refractivity contribution < 1.29 is 23.4 Å². The number of benzene rings is 3. The zero-order chi connectivity index (χ0) is 29.8. The van der Waals surface area contributed by atoms with E-state index >= 15 is 0 Å². The van der Waals surface area contributed by atoms with E-state index in [4.69, 9.17) is 14.2 Å². The van der Waals surface area contributed by atoms with E-state index in [1.165, 1.54) is 23.5 Å². The summed E-state index contributed by atoms with van der Waals surface area (Å²) in [6, 6.07) is 20.1. The van der Waals surface area contributed by atoms with Crippen LogP contribution in [-0.2, 0) is 16.1 Å². The molecule has 0 fully saturated rings. The van der Waals surface area contributed by atoms with Crippen molar-refractivity contribution in [2.24, 2.45) is 4.99 Å². The molecule has 3 aromatic carbocycles. The SMILES string of the molecule is CCOC(=O)C1=C(C)N=c2sc(=Cc3ccccc3OCc3ccc(F)cc3)c(=O)n2C1c1ccccc1OC(C)C. The van der Waals surface area contributed by atoms with Gasteiger partial charge in [0.1, 0.15) is 30.0 Å². The van der Waals surface area contributed by atoms with Crippen LogP contribution in [0.4, 0.5) is 4.39 Å². The fourth-order valence-electron chi connectivity index (χ4n) is 4.77. The highest BCUT2D eigenvalue weighted by molar-refractivity contribution is 7.07. The van der Waals surface area contributed by atoms with Crippen LogP contribution in [0, 0.1) is 5.82 Å². The Morgan fingerprint density at radius 1 is 1.05 bits per heavy atom. The molecular formula is C33H31FN2O5S. The molecule has 0 N–H and O–H groups in total. The summed E-state index contributed by atoms with van der Waals surface area (Å²) in [6.45, 7) is 7.76. The summed E-state index contributed by atoms with van der Waals surface area (Å²) < 4.78 is 32.8. The van der Waals surface area contributed by atoms with E-state index in [9.17, 15) is 14.0 Å². The van der Waals surface area contributed by atoms with Gasteiger partial charge in [-0.15, -0.1) is 0 Å². The Hall–Kier alpha value is -4.50. The summed E-state index contributed by atoms with van der Waals surface area (Å²) in [5.41, 5.74) is 2.65. The van der Waals surface area contributed by atoms with Gasteiger partial charge in [-0.3, -0.25) is 9.36 Å². The van der Waals surface area contributed by atoms with Crippen molar-refractivity contribution >= 4 is 23.4 Å². The number of para-hydroxylation sites is 2. The molecule has 7 nitrogen and oxygen atoms in total. The number of thiazole rings is 1. The number of hydrogen-bond donors (Lipinski definition) is 0. The van der Waals surface area contributed by atoms with E-state index in [0.717, 1.165) is 5.56 Å². The highest BCUT2D eigenvalue weighted by Gasteiger charge is 2.35. The third-order valence-electron chi connectivity index (χ3n) is 6.61. The van der Waals surface area contributed by atoms with Gasteiger partial charge in [0.2, 0.25) is 0 Å². The lowest BCUT2D eigenvalue weighted by atomic mass is 9.95. The highest BCUT2D eigenvalue weighted by atomic mass is 32.1. The number of aromatic nitrogens is 1. The first-order chi connectivity index (χ1) is 20.3. The van der Waals surface area contributed by atoms with Crippen molar-refractivity contribution in [3.63, 3.8) is 0 Å². The Bertz CT molecular complexity index is 1820. The van der Waals surface area contributed by atoms with E-state index in [2.05, 4.69) is 4.99 Å². The fraction of sp³-hybridized carbons (Fsp3) is 0.242. The summed E-state index contributed by atoms with van der Waals surface area (Å²) in [7, 11) is 0. The minimum atomic E-state index is -0.789. The molecule has 0 radical (unpaired) electrons. The molecule has 1 atom stereocenters. The number of hydrogen-bond acceptors (Lipinski definition) is 7. The molecule has 216 valence electrons. The molecular weight excluding hydrogens is 555 g/mol. The molecule has 1 unspecified atom stereocenters. The summed E-state index contributed by atoms with van der Waals surface area (Å²) in [5, 5.41) is 0. The van der Waals surface area contributed by atoms with Gasteiger partial charge in [0.25, 0.3) is 5.56 Å². The van der Waals surface area contributed by atoms with E-state index < -0.39 is 12.0 Å². The van der Waals surface area contributed by atoms with Crippen molar-refractivity contribution in [2.45, 2.75) is 46.4 Å². The second-order valence-electron chi connectivity index (χ2n) is 9.96. The van der Waals surface area contributed by atoms with Crippen LogP contribution in [0.3, 0.4) is 0 Å². The Kier molecular flexibility index (Phi) is 8.68. The van der Waals surface area contributed by atoms with Crippen LogP contribution in [0.15, 0.2) is 93.9 Å². The van der Waals surface area contributed by atoms with E-state index in [1.54, 1.807) is 36.6 Å². The summed E-state index contributed by atoms with van der Waals surface area (Å²) in [6.07, 6.45) is 1.64. The number of esters is 1. The van der Waals surface area contributed by atoms with Crippen molar-refractivity contribution in [1.82, 2.24) is 4.57 Å². The fourth-order valence-corrected chi connectivity index (χ4v) is 5.81. The monoisotopic (exact) mass is 586 g/mol. The quantitative estimate of drug-likeness (QED) is 0.249. The summed E-state index contributed by atoms with van der Waals surface area (Å²) in [4.78, 5) is 32.5. The number of halogens is 1. The topological polar surface area (TPSA) is 79.1 Å². The van der Waals surface area contributed by atoms with Crippen LogP contribution in [-0.4, -0.2) is 23.2 Å². The molecule has 0 aliphatic carbocycles. The zero-order valence-corrected chi connectivity index (χ0v) is 24.6. The molecule has 2 heterocycles. The first-order valence-corrected chi connectivity index (χ1v) is 14.5. The maximum Gasteiger partial charge on any atom is 0.338 e. The van der Waals surface area contributed by atoms with Gasteiger partial charge in [0.05, 0.1) is 28.5 Å². The van der Waals surface area contributed by atoms with Crippen LogP contribution in [0.5, 0.6) is 11.5 Å². The van der Waals surface area contributed by atoms with Gasteiger partial charge in [-0.2, -0.15) is 0 Å². The molecule has 5 rings (SSSR count). The van der Waals surface area contributed by atoms with Crippen molar-refractivity contribution in [1.29, 1.82) is 0 Å². The Labute approximate surface area is 246 Å². The zero-order valence-electron chi connectivity index (χ0n) is 23.8. The average molecular weight is 587 g/mol. The largest absolute Gasteiger partial charge is 0.491 e. The minimum absolute atomic E-state index is 0.121.